The Morgan fingerprint density at radius 2 is 2.00 bits per heavy atom. The van der Waals surface area contributed by atoms with Gasteiger partial charge in [0.15, 0.2) is 5.11 Å². The lowest BCUT2D eigenvalue weighted by molar-refractivity contribution is 0.0977. The van der Waals surface area contributed by atoms with Crippen LogP contribution in [-0.2, 0) is 6.42 Å². The van der Waals surface area contributed by atoms with Crippen molar-refractivity contribution in [3.63, 3.8) is 0 Å². The number of anilines is 1. The summed E-state index contributed by atoms with van der Waals surface area (Å²) in [7, 11) is 0. The number of nitrogens with one attached hydrogen (secondary N) is 2. The second-order valence-corrected chi connectivity index (χ2v) is 5.69. The minimum Gasteiger partial charge on any atom is -0.494 e. The van der Waals surface area contributed by atoms with E-state index in [0.29, 0.717) is 17.3 Å². The van der Waals surface area contributed by atoms with Crippen LogP contribution in [0, 0.1) is 0 Å². The van der Waals surface area contributed by atoms with E-state index in [1.165, 1.54) is 11.3 Å². The van der Waals surface area contributed by atoms with Crippen LogP contribution < -0.4 is 15.4 Å². The molecule has 8 heteroatoms. The third kappa shape index (κ3) is 4.47. The molecule has 6 nitrogen and oxygen atoms in total. The molecular formula is C14H16N4O2S2. The number of aryl methyl sites for hydroxylation is 1. The van der Waals surface area contributed by atoms with Gasteiger partial charge in [-0.1, -0.05) is 18.3 Å². The van der Waals surface area contributed by atoms with Gasteiger partial charge in [-0.2, -0.15) is 0 Å². The van der Waals surface area contributed by atoms with Crippen LogP contribution in [0.2, 0.25) is 0 Å². The van der Waals surface area contributed by atoms with Crippen molar-refractivity contribution in [2.24, 2.45) is 0 Å². The molecule has 2 aromatic rings. The Balaban J connectivity index is 1.91. The molecule has 0 aliphatic rings. The molecule has 0 spiro atoms. The largest absolute Gasteiger partial charge is 0.494 e. The van der Waals surface area contributed by atoms with Gasteiger partial charge in [0.1, 0.15) is 10.8 Å². The normalized spacial score (nSPS) is 10.1. The fourth-order valence-electron chi connectivity index (χ4n) is 1.62. The number of hydrogen-bond acceptors (Lipinski definition) is 6. The van der Waals surface area contributed by atoms with E-state index in [0.717, 1.165) is 17.2 Å². The molecule has 116 valence electrons. The molecule has 2 N–H and O–H groups in total. The van der Waals surface area contributed by atoms with E-state index in [1.807, 2.05) is 13.8 Å². The van der Waals surface area contributed by atoms with Crippen molar-refractivity contribution >= 4 is 39.7 Å². The zero-order valence-corrected chi connectivity index (χ0v) is 13.9. The van der Waals surface area contributed by atoms with E-state index in [2.05, 4.69) is 20.8 Å². The molecule has 1 aromatic carbocycles. The van der Waals surface area contributed by atoms with E-state index in [4.69, 9.17) is 17.0 Å². The first-order valence-corrected chi connectivity index (χ1v) is 8.02. The van der Waals surface area contributed by atoms with Gasteiger partial charge in [-0.15, -0.1) is 10.2 Å². The number of benzene rings is 1. The smallest absolute Gasteiger partial charge is 0.257 e. The molecule has 0 saturated carbocycles. The van der Waals surface area contributed by atoms with E-state index in [9.17, 15) is 4.79 Å². The molecule has 0 bridgehead atoms. The first-order valence-electron chi connectivity index (χ1n) is 6.80. The second-order valence-electron chi connectivity index (χ2n) is 4.22. The summed E-state index contributed by atoms with van der Waals surface area (Å²) >= 11 is 6.50. The molecule has 1 amide bonds. The van der Waals surface area contributed by atoms with E-state index >= 15 is 0 Å². The average Bonchev–Trinajstić information content (AvgIpc) is 2.95. The number of amides is 1. The zero-order valence-electron chi connectivity index (χ0n) is 12.3. The van der Waals surface area contributed by atoms with Crippen LogP contribution in [0.4, 0.5) is 5.13 Å². The van der Waals surface area contributed by atoms with Crippen LogP contribution >= 0.6 is 23.6 Å². The van der Waals surface area contributed by atoms with Gasteiger partial charge in [0.05, 0.1) is 6.61 Å². The van der Waals surface area contributed by atoms with Crippen molar-refractivity contribution in [1.82, 2.24) is 15.5 Å². The van der Waals surface area contributed by atoms with E-state index in [1.54, 1.807) is 24.3 Å². The number of carbonyl (C=O) groups excluding carboxylic acids is 1. The zero-order chi connectivity index (χ0) is 15.9. The van der Waals surface area contributed by atoms with Crippen LogP contribution in [0.1, 0.15) is 29.2 Å². The lowest BCUT2D eigenvalue weighted by atomic mass is 10.2. The maximum atomic E-state index is 12.1. The van der Waals surface area contributed by atoms with Crippen molar-refractivity contribution in [1.29, 1.82) is 0 Å². The molecule has 0 saturated heterocycles. The molecule has 22 heavy (non-hydrogen) atoms. The molecule has 0 aliphatic carbocycles. The molecular weight excluding hydrogens is 320 g/mol. The predicted octanol–water partition coefficient (Wildman–Crippen LogP) is 2.63. The molecule has 1 heterocycles. The fourth-order valence-corrected chi connectivity index (χ4v) is 2.56. The molecule has 1 aromatic heterocycles. The number of aromatic nitrogens is 2. The number of hydrogen-bond donors (Lipinski definition) is 2. The van der Waals surface area contributed by atoms with Gasteiger partial charge in [0.25, 0.3) is 5.91 Å². The van der Waals surface area contributed by atoms with Gasteiger partial charge >= 0.3 is 0 Å². The van der Waals surface area contributed by atoms with Gasteiger partial charge in [-0.25, -0.2) is 0 Å². The Morgan fingerprint density at radius 3 is 2.59 bits per heavy atom. The van der Waals surface area contributed by atoms with Crippen LogP contribution in [0.25, 0.3) is 0 Å². The molecule has 0 unspecified atom stereocenters. The maximum absolute atomic E-state index is 12.1. The molecule has 0 radical (unpaired) electrons. The molecule has 0 atom stereocenters. The summed E-state index contributed by atoms with van der Waals surface area (Å²) in [6.45, 7) is 4.49. The van der Waals surface area contributed by atoms with Gasteiger partial charge in [0.2, 0.25) is 5.13 Å². The monoisotopic (exact) mass is 336 g/mol. The Labute approximate surface area is 137 Å². The maximum Gasteiger partial charge on any atom is 0.257 e. The van der Waals surface area contributed by atoms with Crippen LogP contribution in [-0.4, -0.2) is 27.8 Å². The quantitative estimate of drug-likeness (QED) is 0.818. The molecule has 2 rings (SSSR count). The van der Waals surface area contributed by atoms with E-state index < -0.39 is 0 Å². The summed E-state index contributed by atoms with van der Waals surface area (Å²) in [5.41, 5.74) is 0.499. The molecule has 0 aliphatic heterocycles. The number of rotatable bonds is 5. The van der Waals surface area contributed by atoms with Crippen molar-refractivity contribution in [3.8, 4) is 5.75 Å². The summed E-state index contributed by atoms with van der Waals surface area (Å²) in [4.78, 5) is 12.1. The summed E-state index contributed by atoms with van der Waals surface area (Å²) in [6, 6.07) is 6.85. The summed E-state index contributed by atoms with van der Waals surface area (Å²) in [6.07, 6.45) is 0.810. The minimum atomic E-state index is -0.291. The van der Waals surface area contributed by atoms with Crippen molar-refractivity contribution in [2.45, 2.75) is 20.3 Å². The lowest BCUT2D eigenvalue weighted by Gasteiger charge is -2.07. The highest BCUT2D eigenvalue weighted by atomic mass is 32.1. The van der Waals surface area contributed by atoms with Gasteiger partial charge in [0, 0.05) is 5.56 Å². The van der Waals surface area contributed by atoms with Gasteiger partial charge < -0.3 is 10.1 Å². The third-order valence-corrected chi connectivity index (χ3v) is 3.83. The Hall–Kier alpha value is -2.06. The van der Waals surface area contributed by atoms with Crippen molar-refractivity contribution in [3.05, 3.63) is 34.8 Å². The Bertz CT molecular complexity index is 655. The lowest BCUT2D eigenvalue weighted by Crippen LogP contribution is -2.34. The first-order chi connectivity index (χ1) is 10.6. The number of carbonyl (C=O) groups is 1. The van der Waals surface area contributed by atoms with Gasteiger partial charge in [-0.3, -0.25) is 10.1 Å². The number of thiocarbonyl (C=S) groups is 1. The highest BCUT2D eigenvalue weighted by molar-refractivity contribution is 7.80. The molecule has 0 fully saturated rings. The first kappa shape index (κ1) is 16.3. The SMILES string of the molecule is CCOc1ccc(C(=O)NC(=S)Nc2nnc(CC)s2)cc1. The highest BCUT2D eigenvalue weighted by Gasteiger charge is 2.10. The number of ether oxygens (including phenoxy) is 1. The summed E-state index contributed by atoms with van der Waals surface area (Å²) < 4.78 is 5.33. The van der Waals surface area contributed by atoms with Crippen molar-refractivity contribution in [2.75, 3.05) is 11.9 Å². The number of nitrogens with zero attached hydrogens (tertiary/aromatic N) is 2. The second kappa shape index (κ2) is 7.81. The third-order valence-electron chi connectivity index (χ3n) is 2.64. The van der Waals surface area contributed by atoms with Crippen LogP contribution in [0.3, 0.4) is 0 Å². The minimum absolute atomic E-state index is 0.192. The fraction of sp³-hybridized carbons (Fsp3) is 0.286. The standard InChI is InChI=1S/C14H16N4O2S2/c1-3-11-17-18-14(22-11)16-13(21)15-12(19)9-5-7-10(8-6-9)20-4-2/h5-8H,3-4H2,1-2H3,(H2,15,16,18,19,21). The highest BCUT2D eigenvalue weighted by Crippen LogP contribution is 2.15. The Kier molecular flexibility index (Phi) is 5.79. The van der Waals surface area contributed by atoms with Crippen molar-refractivity contribution < 1.29 is 9.53 Å². The topological polar surface area (TPSA) is 76.1 Å². The Morgan fingerprint density at radius 1 is 1.27 bits per heavy atom. The van der Waals surface area contributed by atoms with E-state index in [-0.39, 0.29) is 11.0 Å². The van der Waals surface area contributed by atoms with Gasteiger partial charge in [-0.05, 0) is 49.8 Å². The predicted molar refractivity (Wildman–Crippen MR) is 90.6 cm³/mol. The summed E-state index contributed by atoms with van der Waals surface area (Å²) in [5, 5.41) is 15.0. The average molecular weight is 336 g/mol. The van der Waals surface area contributed by atoms with Crippen LogP contribution in [0.15, 0.2) is 24.3 Å². The van der Waals surface area contributed by atoms with Crippen LogP contribution in [0.5, 0.6) is 5.75 Å². The summed E-state index contributed by atoms with van der Waals surface area (Å²) in [5.74, 6) is 0.432.